The third-order valence-electron chi connectivity index (χ3n) is 1.98. The van der Waals surface area contributed by atoms with E-state index < -0.39 is 23.3 Å². The van der Waals surface area contributed by atoms with Crippen LogP contribution in [0.3, 0.4) is 0 Å². The Balaban J connectivity index is 3.02. The van der Waals surface area contributed by atoms with Crippen LogP contribution < -0.4 is 0 Å². The van der Waals surface area contributed by atoms with Gasteiger partial charge in [-0.15, -0.1) is 0 Å². The maximum atomic E-state index is 13.1. The van der Waals surface area contributed by atoms with Crippen LogP contribution in [0.15, 0.2) is 18.1 Å². The molecule has 1 aromatic carbocycles. The maximum absolute atomic E-state index is 13.1. The molecule has 0 radical (unpaired) electrons. The van der Waals surface area contributed by atoms with Gasteiger partial charge in [0.05, 0.1) is 0 Å². The summed E-state index contributed by atoms with van der Waals surface area (Å²) in [5.41, 5.74) is 0. The SMILES string of the molecule is Fc1c(F)c(F)c2cccbc2c1F. The second-order valence-corrected chi connectivity index (χ2v) is 2.80. The van der Waals surface area contributed by atoms with Gasteiger partial charge in [-0.3, -0.25) is 0 Å². The summed E-state index contributed by atoms with van der Waals surface area (Å²) in [5.74, 6) is -4.86. The first-order valence-corrected chi connectivity index (χ1v) is 3.83. The van der Waals surface area contributed by atoms with Gasteiger partial charge in [0.15, 0.2) is 0 Å². The van der Waals surface area contributed by atoms with Gasteiger partial charge in [0, 0.05) is 0 Å². The summed E-state index contributed by atoms with van der Waals surface area (Å²) in [6, 6.07) is 2.61. The summed E-state index contributed by atoms with van der Waals surface area (Å²) in [4.78, 5) is 0. The molecule has 70 valence electrons. The van der Waals surface area contributed by atoms with Gasteiger partial charge in [-0.25, -0.2) is 0 Å². The molecule has 0 spiro atoms. The summed E-state index contributed by atoms with van der Waals surface area (Å²) in [7, 11) is 0. The first kappa shape index (κ1) is 9.18. The van der Waals surface area contributed by atoms with Gasteiger partial charge in [-0.1, -0.05) is 0 Å². The summed E-state index contributed by atoms with van der Waals surface area (Å²) in [5, 5.41) is -0.521. The van der Waals surface area contributed by atoms with Gasteiger partial charge in [0.2, 0.25) is 0 Å². The topological polar surface area (TPSA) is 0 Å². The van der Waals surface area contributed by atoms with E-state index in [1.54, 1.807) is 0 Å². The molecule has 0 nitrogen and oxygen atoms in total. The second-order valence-electron chi connectivity index (χ2n) is 2.80. The molecule has 0 saturated carbocycles. The Hall–Kier alpha value is -1.39. The van der Waals surface area contributed by atoms with Crippen molar-refractivity contribution in [1.82, 2.24) is 0 Å². The molecule has 5 heteroatoms. The van der Waals surface area contributed by atoms with E-state index in [-0.39, 0.29) is 10.7 Å². The summed E-state index contributed by atoms with van der Waals surface area (Å²) >= 11 is 0. The predicted octanol–water partition coefficient (Wildman–Crippen LogP) is 2.73. The molecule has 1 aromatic heterocycles. The van der Waals surface area contributed by atoms with Crippen LogP contribution in [0.1, 0.15) is 0 Å². The van der Waals surface area contributed by atoms with Gasteiger partial charge < -0.3 is 0 Å². The van der Waals surface area contributed by atoms with Gasteiger partial charge in [0.1, 0.15) is 0 Å². The summed E-state index contributed by atoms with van der Waals surface area (Å²) in [6.45, 7) is 1.19. The van der Waals surface area contributed by atoms with E-state index in [0.29, 0.717) is 0 Å². The molecule has 0 bridgehead atoms. The molecular formula is C9H3BF4. The van der Waals surface area contributed by atoms with E-state index in [1.165, 1.54) is 25.0 Å². The number of halogens is 4. The van der Waals surface area contributed by atoms with Crippen LogP contribution in [0, 0.1) is 23.3 Å². The Labute approximate surface area is 77.4 Å². The van der Waals surface area contributed by atoms with Gasteiger partial charge in [-0.2, -0.15) is 0 Å². The van der Waals surface area contributed by atoms with Crippen LogP contribution >= 0.6 is 0 Å². The van der Waals surface area contributed by atoms with E-state index in [2.05, 4.69) is 0 Å². The first-order valence-electron chi connectivity index (χ1n) is 3.83. The second kappa shape index (κ2) is 3.08. The first-order chi connectivity index (χ1) is 6.63. The van der Waals surface area contributed by atoms with Gasteiger partial charge >= 0.3 is 76.5 Å². The van der Waals surface area contributed by atoms with Crippen LogP contribution in [-0.4, -0.2) is 6.91 Å². The third kappa shape index (κ3) is 1.12. The van der Waals surface area contributed by atoms with Crippen LogP contribution in [0.5, 0.6) is 0 Å². The molecule has 0 fully saturated rings. The van der Waals surface area contributed by atoms with E-state index >= 15 is 0 Å². The molecule has 14 heavy (non-hydrogen) atoms. The van der Waals surface area contributed by atoms with E-state index in [0.717, 1.165) is 0 Å². The number of fused-ring (bicyclic) bond motifs is 1. The zero-order valence-electron chi connectivity index (χ0n) is 6.82. The molecule has 2 rings (SSSR count). The van der Waals surface area contributed by atoms with Crippen molar-refractivity contribution < 1.29 is 17.6 Å². The molecule has 2 aromatic rings. The molecule has 0 aliphatic carbocycles. The fourth-order valence-electron chi connectivity index (χ4n) is 1.30. The Morgan fingerprint density at radius 2 is 1.50 bits per heavy atom. The Morgan fingerprint density at radius 1 is 0.857 bits per heavy atom. The van der Waals surface area contributed by atoms with Gasteiger partial charge in [-0.05, 0) is 0 Å². The minimum atomic E-state index is -1.78. The van der Waals surface area contributed by atoms with Crippen LogP contribution in [-0.2, 0) is 0 Å². The van der Waals surface area contributed by atoms with Crippen molar-refractivity contribution in [2.45, 2.75) is 0 Å². The molecule has 0 aliphatic heterocycles. The van der Waals surface area contributed by atoms with E-state index in [4.69, 9.17) is 0 Å². The Bertz CT molecular complexity index is 463. The fourth-order valence-corrected chi connectivity index (χ4v) is 1.30. The van der Waals surface area contributed by atoms with Crippen molar-refractivity contribution in [2.75, 3.05) is 0 Å². The predicted molar refractivity (Wildman–Crippen MR) is 45.1 cm³/mol. The number of rotatable bonds is 0. The molecule has 0 unspecified atom stereocenters. The summed E-state index contributed by atoms with van der Waals surface area (Å²) < 4.78 is 51.6. The van der Waals surface area contributed by atoms with E-state index in [1.807, 2.05) is 0 Å². The average molecular weight is 198 g/mol. The quantitative estimate of drug-likeness (QED) is 0.346. The summed E-state index contributed by atoms with van der Waals surface area (Å²) in [6.07, 6.45) is 0. The van der Waals surface area contributed by atoms with Crippen molar-refractivity contribution in [2.24, 2.45) is 0 Å². The Morgan fingerprint density at radius 3 is 2.21 bits per heavy atom. The van der Waals surface area contributed by atoms with Crippen LogP contribution in [0.4, 0.5) is 17.6 Å². The standard InChI is InChI=1S/C9H3BF4/c11-6-4-2-1-3-10-5(4)7(12)9(14)8(6)13/h1-3H. The monoisotopic (exact) mass is 198 g/mol. The Kier molecular flexibility index (Phi) is 2.02. The number of hydrogen-bond donors (Lipinski definition) is 0. The third-order valence-corrected chi connectivity index (χ3v) is 1.98. The zero-order chi connectivity index (χ0) is 10.3. The molecule has 1 heterocycles. The molecule has 0 saturated heterocycles. The molecule has 0 aliphatic rings. The zero-order valence-corrected chi connectivity index (χ0v) is 6.82. The average Bonchev–Trinajstić information content (AvgIpc) is 2.23. The van der Waals surface area contributed by atoms with Crippen LogP contribution in [0.2, 0.25) is 0 Å². The normalized spacial score (nSPS) is 10.6. The molecule has 0 N–H and O–H groups in total. The van der Waals surface area contributed by atoms with Gasteiger partial charge in [0.25, 0.3) is 0 Å². The van der Waals surface area contributed by atoms with Crippen molar-refractivity contribution in [1.29, 1.82) is 0 Å². The number of hydrogen-bond acceptors (Lipinski definition) is 0. The van der Waals surface area contributed by atoms with Crippen molar-refractivity contribution in [3.63, 3.8) is 0 Å². The fraction of sp³-hybridized carbons (Fsp3) is 0. The van der Waals surface area contributed by atoms with Crippen molar-refractivity contribution in [3.8, 4) is 0 Å². The molecule has 0 atom stereocenters. The van der Waals surface area contributed by atoms with Crippen molar-refractivity contribution in [3.05, 3.63) is 41.4 Å². The van der Waals surface area contributed by atoms with Crippen LogP contribution in [0.25, 0.3) is 10.7 Å². The molecule has 0 amide bonds. The number of benzene rings is 1. The van der Waals surface area contributed by atoms with Crippen molar-refractivity contribution >= 4 is 17.6 Å². The molecular weight excluding hydrogens is 195 g/mol. The minimum absolute atomic E-state index is 0.260. The van der Waals surface area contributed by atoms with E-state index in [9.17, 15) is 17.6 Å².